The Morgan fingerprint density at radius 3 is 2.31 bits per heavy atom. The molecule has 16 heavy (non-hydrogen) atoms. The van der Waals surface area contributed by atoms with E-state index in [9.17, 15) is 0 Å². The lowest BCUT2D eigenvalue weighted by Crippen LogP contribution is -2.24. The number of hydrogen-bond acceptors (Lipinski definition) is 1. The maximum Gasteiger partial charge on any atom is 0.0721 e. The minimum Gasteiger partial charge on any atom is -0.380 e. The number of hydrogen-bond donors (Lipinski definition) is 1. The van der Waals surface area contributed by atoms with Gasteiger partial charge < -0.3 is 5.32 Å². The SMILES string of the molecule is CC(Nc1c(Cl)cccc1Cl)C1CCCC1. The van der Waals surface area contributed by atoms with Crippen LogP contribution in [0.2, 0.25) is 10.0 Å². The third-order valence-corrected chi connectivity index (χ3v) is 4.07. The number of rotatable bonds is 3. The summed E-state index contributed by atoms with van der Waals surface area (Å²) < 4.78 is 0. The lowest BCUT2D eigenvalue weighted by Gasteiger charge is -2.22. The first-order valence-electron chi connectivity index (χ1n) is 5.89. The van der Waals surface area contributed by atoms with Gasteiger partial charge in [0.1, 0.15) is 0 Å². The molecule has 88 valence electrons. The molecule has 1 aromatic rings. The summed E-state index contributed by atoms with van der Waals surface area (Å²) in [6.45, 7) is 2.22. The lowest BCUT2D eigenvalue weighted by molar-refractivity contribution is 0.482. The van der Waals surface area contributed by atoms with Gasteiger partial charge in [-0.3, -0.25) is 0 Å². The van der Waals surface area contributed by atoms with Gasteiger partial charge in [0.25, 0.3) is 0 Å². The molecule has 1 unspecified atom stereocenters. The van der Waals surface area contributed by atoms with Crippen LogP contribution in [0.3, 0.4) is 0 Å². The Hall–Kier alpha value is -0.400. The molecule has 1 nitrogen and oxygen atoms in total. The Morgan fingerprint density at radius 2 is 1.75 bits per heavy atom. The highest BCUT2D eigenvalue weighted by Gasteiger charge is 2.22. The van der Waals surface area contributed by atoms with Crippen molar-refractivity contribution in [2.75, 3.05) is 5.32 Å². The molecule has 0 bridgehead atoms. The van der Waals surface area contributed by atoms with Crippen molar-refractivity contribution in [1.29, 1.82) is 0 Å². The average molecular weight is 258 g/mol. The topological polar surface area (TPSA) is 12.0 Å². The van der Waals surface area contributed by atoms with Crippen LogP contribution in [0.15, 0.2) is 18.2 Å². The molecule has 1 saturated carbocycles. The number of para-hydroxylation sites is 1. The quantitative estimate of drug-likeness (QED) is 0.805. The van der Waals surface area contributed by atoms with Crippen LogP contribution in [0.1, 0.15) is 32.6 Å². The molecule has 2 rings (SSSR count). The Bertz CT molecular complexity index is 339. The minimum atomic E-state index is 0.444. The largest absolute Gasteiger partial charge is 0.380 e. The fraction of sp³-hybridized carbons (Fsp3) is 0.538. The van der Waals surface area contributed by atoms with Gasteiger partial charge in [-0.15, -0.1) is 0 Å². The zero-order valence-electron chi connectivity index (χ0n) is 9.47. The molecule has 1 fully saturated rings. The molecule has 1 aromatic carbocycles. The summed E-state index contributed by atoms with van der Waals surface area (Å²) in [4.78, 5) is 0. The maximum absolute atomic E-state index is 6.13. The van der Waals surface area contributed by atoms with Crippen molar-refractivity contribution >= 4 is 28.9 Å². The molecule has 1 aliphatic carbocycles. The van der Waals surface area contributed by atoms with E-state index in [0.29, 0.717) is 16.1 Å². The molecule has 0 heterocycles. The second kappa shape index (κ2) is 5.29. The predicted octanol–water partition coefficient (Wildman–Crippen LogP) is 4.98. The van der Waals surface area contributed by atoms with Crippen molar-refractivity contribution < 1.29 is 0 Å². The van der Waals surface area contributed by atoms with Crippen LogP contribution in [0.5, 0.6) is 0 Å². The minimum absolute atomic E-state index is 0.444. The molecule has 0 aliphatic heterocycles. The standard InChI is InChI=1S/C13H17Cl2N/c1-9(10-5-2-3-6-10)16-13-11(14)7-4-8-12(13)15/h4,7-10,16H,2-3,5-6H2,1H3. The third-order valence-electron chi connectivity index (χ3n) is 3.44. The summed E-state index contributed by atoms with van der Waals surface area (Å²) in [6, 6.07) is 6.06. The molecule has 3 heteroatoms. The van der Waals surface area contributed by atoms with Gasteiger partial charge in [0, 0.05) is 6.04 Å². The van der Waals surface area contributed by atoms with Gasteiger partial charge in [0.05, 0.1) is 15.7 Å². The first-order valence-corrected chi connectivity index (χ1v) is 6.64. The molecular weight excluding hydrogens is 241 g/mol. The van der Waals surface area contributed by atoms with Crippen molar-refractivity contribution in [2.24, 2.45) is 5.92 Å². The van der Waals surface area contributed by atoms with Crippen LogP contribution < -0.4 is 5.32 Å². The first kappa shape index (κ1) is 12.1. The van der Waals surface area contributed by atoms with Crippen molar-refractivity contribution in [3.63, 3.8) is 0 Å². The maximum atomic E-state index is 6.13. The van der Waals surface area contributed by atoms with Crippen molar-refractivity contribution in [2.45, 2.75) is 38.6 Å². The van der Waals surface area contributed by atoms with Gasteiger partial charge in [0.2, 0.25) is 0 Å². The first-order chi connectivity index (χ1) is 7.68. The Morgan fingerprint density at radius 1 is 1.19 bits per heavy atom. The summed E-state index contributed by atoms with van der Waals surface area (Å²) in [5, 5.41) is 4.87. The summed E-state index contributed by atoms with van der Waals surface area (Å²) in [7, 11) is 0. The highest BCUT2D eigenvalue weighted by atomic mass is 35.5. The smallest absolute Gasteiger partial charge is 0.0721 e. The molecule has 0 radical (unpaired) electrons. The van der Waals surface area contributed by atoms with Gasteiger partial charge in [-0.2, -0.15) is 0 Å². The normalized spacial score (nSPS) is 18.7. The number of nitrogens with one attached hydrogen (secondary N) is 1. The van der Waals surface area contributed by atoms with E-state index in [-0.39, 0.29) is 0 Å². The van der Waals surface area contributed by atoms with Crippen molar-refractivity contribution in [3.05, 3.63) is 28.2 Å². The predicted molar refractivity (Wildman–Crippen MR) is 71.5 cm³/mol. The molecular formula is C13H17Cl2N. The van der Waals surface area contributed by atoms with Crippen LogP contribution >= 0.6 is 23.2 Å². The highest BCUT2D eigenvalue weighted by Crippen LogP contribution is 2.34. The molecule has 0 saturated heterocycles. The second-order valence-electron chi connectivity index (χ2n) is 4.57. The molecule has 0 spiro atoms. The van der Waals surface area contributed by atoms with Gasteiger partial charge in [-0.05, 0) is 37.8 Å². The summed E-state index contributed by atoms with van der Waals surface area (Å²) >= 11 is 12.3. The summed E-state index contributed by atoms with van der Waals surface area (Å²) in [6.07, 6.45) is 5.34. The van der Waals surface area contributed by atoms with E-state index in [1.54, 1.807) is 0 Å². The summed E-state index contributed by atoms with van der Waals surface area (Å²) in [5.74, 6) is 0.757. The van der Waals surface area contributed by atoms with E-state index >= 15 is 0 Å². The van der Waals surface area contributed by atoms with Crippen LogP contribution in [-0.2, 0) is 0 Å². The number of benzene rings is 1. The summed E-state index contributed by atoms with van der Waals surface area (Å²) in [5.41, 5.74) is 0.880. The van der Waals surface area contributed by atoms with E-state index in [0.717, 1.165) is 11.6 Å². The molecule has 0 aromatic heterocycles. The zero-order chi connectivity index (χ0) is 11.5. The van der Waals surface area contributed by atoms with Crippen molar-refractivity contribution in [3.8, 4) is 0 Å². The van der Waals surface area contributed by atoms with E-state index in [2.05, 4.69) is 12.2 Å². The molecule has 1 aliphatic rings. The number of halogens is 2. The average Bonchev–Trinajstić information content (AvgIpc) is 2.76. The lowest BCUT2D eigenvalue weighted by atomic mass is 9.99. The fourth-order valence-electron chi connectivity index (χ4n) is 2.44. The Balaban J connectivity index is 2.07. The Kier molecular flexibility index (Phi) is 3.99. The number of anilines is 1. The highest BCUT2D eigenvalue weighted by molar-refractivity contribution is 6.39. The zero-order valence-corrected chi connectivity index (χ0v) is 11.0. The van der Waals surface area contributed by atoms with Gasteiger partial charge in [-0.1, -0.05) is 42.1 Å². The third kappa shape index (κ3) is 2.64. The second-order valence-corrected chi connectivity index (χ2v) is 5.39. The molecule has 0 amide bonds. The fourth-order valence-corrected chi connectivity index (χ4v) is 2.95. The molecule has 1 atom stereocenters. The Labute approximate surface area is 107 Å². The van der Waals surface area contributed by atoms with Crippen LogP contribution in [0, 0.1) is 5.92 Å². The van der Waals surface area contributed by atoms with Crippen LogP contribution in [-0.4, -0.2) is 6.04 Å². The van der Waals surface area contributed by atoms with Gasteiger partial charge >= 0.3 is 0 Å². The van der Waals surface area contributed by atoms with Crippen molar-refractivity contribution in [1.82, 2.24) is 0 Å². The van der Waals surface area contributed by atoms with E-state index in [4.69, 9.17) is 23.2 Å². The van der Waals surface area contributed by atoms with Crippen LogP contribution in [0.25, 0.3) is 0 Å². The van der Waals surface area contributed by atoms with Gasteiger partial charge in [-0.25, -0.2) is 0 Å². The van der Waals surface area contributed by atoms with Gasteiger partial charge in [0.15, 0.2) is 0 Å². The van der Waals surface area contributed by atoms with Crippen LogP contribution in [0.4, 0.5) is 5.69 Å². The van der Waals surface area contributed by atoms with E-state index in [1.165, 1.54) is 25.7 Å². The van der Waals surface area contributed by atoms with E-state index in [1.807, 2.05) is 18.2 Å². The monoisotopic (exact) mass is 257 g/mol. The van der Waals surface area contributed by atoms with E-state index < -0.39 is 0 Å². The molecule has 1 N–H and O–H groups in total.